The van der Waals surface area contributed by atoms with Gasteiger partial charge in [-0.3, -0.25) is 4.99 Å². The number of hydrogen-bond acceptors (Lipinski definition) is 3. The maximum atomic E-state index is 4.40. The third kappa shape index (κ3) is 5.72. The van der Waals surface area contributed by atoms with Gasteiger partial charge in [-0.2, -0.15) is 0 Å². The van der Waals surface area contributed by atoms with Crippen LogP contribution in [0.3, 0.4) is 0 Å². The summed E-state index contributed by atoms with van der Waals surface area (Å²) in [4.78, 5) is 10.6. The van der Waals surface area contributed by atoms with Crippen LogP contribution < -0.4 is 15.5 Å². The molecule has 1 rings (SSSR count). The van der Waals surface area contributed by atoms with E-state index in [-0.39, 0.29) is 24.0 Å². The summed E-state index contributed by atoms with van der Waals surface area (Å²) in [6, 6.07) is 0.380. The van der Waals surface area contributed by atoms with Crippen molar-refractivity contribution >= 4 is 35.9 Å². The van der Waals surface area contributed by atoms with E-state index in [0.717, 1.165) is 17.6 Å². The molecule has 0 saturated carbocycles. The van der Waals surface area contributed by atoms with Gasteiger partial charge in [0.1, 0.15) is 0 Å². The summed E-state index contributed by atoms with van der Waals surface area (Å²) in [6.07, 6.45) is 1.89. The van der Waals surface area contributed by atoms with Gasteiger partial charge < -0.3 is 20.1 Å². The molecule has 0 spiro atoms. The fourth-order valence-corrected chi connectivity index (χ4v) is 1.76. The van der Waals surface area contributed by atoms with Gasteiger partial charge in [-0.15, -0.1) is 24.0 Å². The predicted octanol–water partition coefficient (Wildman–Crippen LogP) is 1.81. The minimum atomic E-state index is 0. The molecule has 0 radical (unpaired) electrons. The van der Waals surface area contributed by atoms with Gasteiger partial charge in [0.15, 0.2) is 5.96 Å². The van der Waals surface area contributed by atoms with E-state index in [1.54, 1.807) is 7.05 Å². The number of imidazole rings is 1. The molecule has 0 saturated heterocycles. The summed E-state index contributed by atoms with van der Waals surface area (Å²) >= 11 is 0. The molecule has 0 fully saturated rings. The first-order valence-electron chi connectivity index (χ1n) is 7.01. The van der Waals surface area contributed by atoms with Crippen LogP contribution in [-0.2, 0) is 13.6 Å². The van der Waals surface area contributed by atoms with Crippen LogP contribution in [0.4, 0.5) is 5.95 Å². The molecule has 0 aliphatic rings. The number of aromatic nitrogens is 2. The molecule has 0 bridgehead atoms. The van der Waals surface area contributed by atoms with E-state index in [1.807, 2.05) is 32.2 Å². The molecule has 0 aliphatic heterocycles. The van der Waals surface area contributed by atoms with Crippen LogP contribution in [0, 0.1) is 5.92 Å². The number of anilines is 1. The Labute approximate surface area is 145 Å². The van der Waals surface area contributed by atoms with Crippen LogP contribution in [0.2, 0.25) is 0 Å². The maximum absolute atomic E-state index is 4.40. The summed E-state index contributed by atoms with van der Waals surface area (Å²) < 4.78 is 2.08. The van der Waals surface area contributed by atoms with E-state index in [2.05, 4.69) is 45.9 Å². The van der Waals surface area contributed by atoms with Gasteiger partial charge in [-0.1, -0.05) is 13.8 Å². The van der Waals surface area contributed by atoms with Crippen molar-refractivity contribution < 1.29 is 0 Å². The number of hydrogen-bond donors (Lipinski definition) is 2. The lowest BCUT2D eigenvalue weighted by Gasteiger charge is -2.21. The third-order valence-electron chi connectivity index (χ3n) is 3.48. The summed E-state index contributed by atoms with van der Waals surface area (Å²) in [5.41, 5.74) is 1.12. The van der Waals surface area contributed by atoms with Gasteiger partial charge in [0.05, 0.1) is 18.4 Å². The zero-order valence-corrected chi connectivity index (χ0v) is 16.5. The molecule has 21 heavy (non-hydrogen) atoms. The summed E-state index contributed by atoms with van der Waals surface area (Å²) in [7, 11) is 7.79. The number of aliphatic imine (C=N–C) groups is 1. The Balaban J connectivity index is 0.00000400. The minimum Gasteiger partial charge on any atom is -0.354 e. The first kappa shape index (κ1) is 20.0. The number of guanidine groups is 1. The third-order valence-corrected chi connectivity index (χ3v) is 3.48. The van der Waals surface area contributed by atoms with Crippen molar-refractivity contribution in [2.45, 2.75) is 33.4 Å². The maximum Gasteiger partial charge on any atom is 0.204 e. The molecule has 1 aromatic rings. The van der Waals surface area contributed by atoms with E-state index >= 15 is 0 Å². The molecule has 122 valence electrons. The number of nitrogens with zero attached hydrogens (tertiary/aromatic N) is 4. The van der Waals surface area contributed by atoms with E-state index in [9.17, 15) is 0 Å². The number of rotatable bonds is 5. The molecule has 1 aromatic heterocycles. The zero-order valence-electron chi connectivity index (χ0n) is 14.1. The Morgan fingerprint density at radius 2 is 2.00 bits per heavy atom. The van der Waals surface area contributed by atoms with E-state index in [1.165, 1.54) is 0 Å². The second-order valence-electron chi connectivity index (χ2n) is 5.61. The second kappa shape index (κ2) is 9.11. The van der Waals surface area contributed by atoms with Gasteiger partial charge in [0.2, 0.25) is 5.95 Å². The lowest BCUT2D eigenvalue weighted by atomic mass is 10.1. The van der Waals surface area contributed by atoms with Crippen LogP contribution in [0.15, 0.2) is 11.2 Å². The van der Waals surface area contributed by atoms with Crippen molar-refractivity contribution in [1.29, 1.82) is 0 Å². The van der Waals surface area contributed by atoms with Gasteiger partial charge in [0, 0.05) is 34.2 Å². The molecular formula is C14H29IN6. The first-order chi connectivity index (χ1) is 9.36. The van der Waals surface area contributed by atoms with Crippen molar-refractivity contribution in [2.24, 2.45) is 18.0 Å². The van der Waals surface area contributed by atoms with Crippen LogP contribution in [0.5, 0.6) is 0 Å². The Kier molecular flexibility index (Phi) is 8.68. The van der Waals surface area contributed by atoms with Crippen LogP contribution >= 0.6 is 24.0 Å². The van der Waals surface area contributed by atoms with Gasteiger partial charge in [0.25, 0.3) is 0 Å². The van der Waals surface area contributed by atoms with E-state index in [4.69, 9.17) is 0 Å². The molecule has 0 aliphatic carbocycles. The molecule has 0 aromatic carbocycles. The quantitative estimate of drug-likeness (QED) is 0.444. The minimum absolute atomic E-state index is 0. The average Bonchev–Trinajstić information content (AvgIpc) is 2.75. The normalized spacial score (nSPS) is 12.9. The highest BCUT2D eigenvalue weighted by Crippen LogP contribution is 2.10. The van der Waals surface area contributed by atoms with Gasteiger partial charge >= 0.3 is 0 Å². The van der Waals surface area contributed by atoms with Crippen molar-refractivity contribution in [3.63, 3.8) is 0 Å². The Bertz CT molecular complexity index is 452. The van der Waals surface area contributed by atoms with Crippen molar-refractivity contribution in [2.75, 3.05) is 26.0 Å². The molecule has 0 amide bonds. The van der Waals surface area contributed by atoms with Crippen molar-refractivity contribution in [3.05, 3.63) is 11.9 Å². The summed E-state index contributed by atoms with van der Waals surface area (Å²) in [5, 5.41) is 6.71. The van der Waals surface area contributed by atoms with Crippen molar-refractivity contribution in [3.8, 4) is 0 Å². The lowest BCUT2D eigenvalue weighted by Crippen LogP contribution is -2.44. The van der Waals surface area contributed by atoms with Crippen LogP contribution in [-0.4, -0.2) is 42.7 Å². The van der Waals surface area contributed by atoms with Gasteiger partial charge in [-0.25, -0.2) is 4.98 Å². The monoisotopic (exact) mass is 408 g/mol. The molecule has 1 heterocycles. The number of halogens is 1. The molecular weight excluding hydrogens is 379 g/mol. The van der Waals surface area contributed by atoms with E-state index < -0.39 is 0 Å². The predicted molar refractivity (Wildman–Crippen MR) is 101 cm³/mol. The fraction of sp³-hybridized carbons (Fsp3) is 0.714. The highest BCUT2D eigenvalue weighted by atomic mass is 127. The SMILES string of the molecule is CN=C(NCc1cnc(N(C)C)n1C)NC(C)C(C)C.I. The number of nitrogens with one attached hydrogen (secondary N) is 2. The molecule has 1 atom stereocenters. The first-order valence-corrected chi connectivity index (χ1v) is 7.01. The largest absolute Gasteiger partial charge is 0.354 e. The zero-order chi connectivity index (χ0) is 15.3. The van der Waals surface area contributed by atoms with Crippen LogP contribution in [0.25, 0.3) is 0 Å². The molecule has 6 nitrogen and oxygen atoms in total. The lowest BCUT2D eigenvalue weighted by molar-refractivity contribution is 0.480. The smallest absolute Gasteiger partial charge is 0.204 e. The molecule has 7 heteroatoms. The highest BCUT2D eigenvalue weighted by Gasteiger charge is 2.11. The van der Waals surface area contributed by atoms with Crippen LogP contribution in [0.1, 0.15) is 26.5 Å². The van der Waals surface area contributed by atoms with Crippen molar-refractivity contribution in [1.82, 2.24) is 20.2 Å². The highest BCUT2D eigenvalue weighted by molar-refractivity contribution is 14.0. The van der Waals surface area contributed by atoms with Gasteiger partial charge in [-0.05, 0) is 12.8 Å². The Morgan fingerprint density at radius 1 is 1.38 bits per heavy atom. The standard InChI is InChI=1S/C14H28N6.HI/c1-10(2)11(3)18-13(15-4)16-8-12-9-17-14(19(5)6)20(12)7;/h9-11H,8H2,1-7H3,(H2,15,16,18);1H. The fourth-order valence-electron chi connectivity index (χ4n) is 1.76. The van der Waals surface area contributed by atoms with E-state index in [0.29, 0.717) is 18.5 Å². The summed E-state index contributed by atoms with van der Waals surface area (Å²) in [6.45, 7) is 7.23. The second-order valence-corrected chi connectivity index (χ2v) is 5.61. The topological polar surface area (TPSA) is 57.5 Å². The summed E-state index contributed by atoms with van der Waals surface area (Å²) in [5.74, 6) is 2.32. The molecule has 1 unspecified atom stereocenters. The molecule has 2 N–H and O–H groups in total. The Hall–Kier alpha value is -0.990. The Morgan fingerprint density at radius 3 is 2.43 bits per heavy atom. The average molecular weight is 408 g/mol.